The molecule has 140 valence electrons. The van der Waals surface area contributed by atoms with Crippen molar-refractivity contribution in [3.63, 3.8) is 0 Å². The van der Waals surface area contributed by atoms with Crippen molar-refractivity contribution in [2.45, 2.75) is 58.6 Å². The fourth-order valence-electron chi connectivity index (χ4n) is 2.87. The molecule has 3 atom stereocenters. The fourth-order valence-corrected chi connectivity index (χ4v) is 2.87. The maximum atomic E-state index is 12.1. The smallest absolute Gasteiger partial charge is 0.407 e. The molecule has 6 heteroatoms. The lowest BCUT2D eigenvalue weighted by Crippen LogP contribution is -2.47. The molecule has 1 unspecified atom stereocenters. The molecule has 0 saturated carbocycles. The number of hydrogen-bond acceptors (Lipinski definition) is 5. The topological polar surface area (TPSA) is 79.8 Å². The predicted octanol–water partition coefficient (Wildman–Crippen LogP) is 2.33. The van der Waals surface area contributed by atoms with Crippen molar-refractivity contribution in [2.75, 3.05) is 13.2 Å². The first-order chi connectivity index (χ1) is 11.9. The molecule has 0 radical (unpaired) electrons. The number of carbonyl (C=O) groups excluding carboxylic acids is 1. The second kappa shape index (κ2) is 9.75. The summed E-state index contributed by atoms with van der Waals surface area (Å²) in [5, 5.41) is 15.9. The zero-order chi connectivity index (χ0) is 18.2. The molecule has 1 aliphatic rings. The van der Waals surface area contributed by atoms with Gasteiger partial charge in [-0.1, -0.05) is 43.7 Å². The Hall–Kier alpha value is -1.63. The van der Waals surface area contributed by atoms with Crippen molar-refractivity contribution in [1.29, 1.82) is 0 Å². The number of ether oxygens (including phenoxy) is 2. The lowest BCUT2D eigenvalue weighted by molar-refractivity contribution is -0.0718. The van der Waals surface area contributed by atoms with E-state index in [0.29, 0.717) is 19.1 Å². The molecular weight excluding hydrogens is 320 g/mol. The van der Waals surface area contributed by atoms with Gasteiger partial charge in [-0.2, -0.15) is 0 Å². The van der Waals surface area contributed by atoms with E-state index in [4.69, 9.17) is 9.47 Å². The zero-order valence-electron chi connectivity index (χ0n) is 15.3. The van der Waals surface area contributed by atoms with Crippen LogP contribution in [-0.2, 0) is 16.1 Å². The molecule has 6 nitrogen and oxygen atoms in total. The molecule has 1 aromatic rings. The van der Waals surface area contributed by atoms with Gasteiger partial charge < -0.3 is 25.2 Å². The minimum Gasteiger partial charge on any atom is -0.445 e. The molecule has 25 heavy (non-hydrogen) atoms. The zero-order valence-corrected chi connectivity index (χ0v) is 15.3. The summed E-state index contributed by atoms with van der Waals surface area (Å²) in [6.07, 6.45) is 0.411. The van der Waals surface area contributed by atoms with Gasteiger partial charge in [-0.05, 0) is 31.2 Å². The van der Waals surface area contributed by atoms with Crippen LogP contribution in [0.2, 0.25) is 0 Å². The summed E-state index contributed by atoms with van der Waals surface area (Å²) in [7, 11) is 0. The van der Waals surface area contributed by atoms with E-state index < -0.39 is 12.4 Å². The number of rotatable bonds is 8. The molecule has 0 bridgehead atoms. The number of alkyl carbamates (subject to hydrolysis) is 1. The quantitative estimate of drug-likeness (QED) is 0.671. The van der Waals surface area contributed by atoms with E-state index >= 15 is 0 Å². The number of carbonyl (C=O) groups is 1. The van der Waals surface area contributed by atoms with Crippen LogP contribution in [-0.4, -0.2) is 42.7 Å². The first-order valence-corrected chi connectivity index (χ1v) is 8.96. The van der Waals surface area contributed by atoms with Crippen molar-refractivity contribution >= 4 is 6.09 Å². The maximum absolute atomic E-state index is 12.1. The van der Waals surface area contributed by atoms with E-state index in [-0.39, 0.29) is 18.7 Å². The van der Waals surface area contributed by atoms with Crippen LogP contribution in [0.5, 0.6) is 0 Å². The van der Waals surface area contributed by atoms with Gasteiger partial charge >= 0.3 is 6.09 Å². The standard InChI is InChI=1S/C19H30N2O4/c1-13(2)10-16(11-20-17-8-9-24-18(17)22)21-19(23)25-12-15-6-4-14(3)5-7-15/h4-7,13,16-18,20,22H,8-12H2,1-3H3,(H,21,23)/t16-,17+,18?/m1/s1. The molecule has 1 saturated heterocycles. The first kappa shape index (κ1) is 19.7. The van der Waals surface area contributed by atoms with E-state index in [9.17, 15) is 9.90 Å². The third kappa shape index (κ3) is 7.02. The van der Waals surface area contributed by atoms with E-state index in [2.05, 4.69) is 24.5 Å². The Kier molecular flexibility index (Phi) is 7.68. The lowest BCUT2D eigenvalue weighted by atomic mass is 10.0. The summed E-state index contributed by atoms with van der Waals surface area (Å²) in [5.41, 5.74) is 2.14. The van der Waals surface area contributed by atoms with Crippen LogP contribution in [0.15, 0.2) is 24.3 Å². The van der Waals surface area contributed by atoms with Gasteiger partial charge in [0.1, 0.15) is 6.61 Å². The van der Waals surface area contributed by atoms with Crippen molar-refractivity contribution in [1.82, 2.24) is 10.6 Å². The number of aryl methyl sites for hydroxylation is 1. The third-order valence-electron chi connectivity index (χ3n) is 4.26. The molecule has 3 N–H and O–H groups in total. The Balaban J connectivity index is 1.78. The highest BCUT2D eigenvalue weighted by Crippen LogP contribution is 2.12. The largest absolute Gasteiger partial charge is 0.445 e. The number of amides is 1. The second-order valence-electron chi connectivity index (χ2n) is 7.10. The lowest BCUT2D eigenvalue weighted by Gasteiger charge is -2.23. The van der Waals surface area contributed by atoms with Crippen LogP contribution in [0.25, 0.3) is 0 Å². The fraction of sp³-hybridized carbons (Fsp3) is 0.632. The second-order valence-corrected chi connectivity index (χ2v) is 7.10. The molecule has 0 spiro atoms. The summed E-state index contributed by atoms with van der Waals surface area (Å²) >= 11 is 0. The molecule has 0 aromatic heterocycles. The van der Waals surface area contributed by atoms with Gasteiger partial charge in [-0.25, -0.2) is 4.79 Å². The average molecular weight is 350 g/mol. The molecule has 1 heterocycles. The Morgan fingerprint density at radius 2 is 2.08 bits per heavy atom. The molecule has 1 fully saturated rings. The summed E-state index contributed by atoms with van der Waals surface area (Å²) in [6.45, 7) is 7.62. The van der Waals surface area contributed by atoms with Crippen molar-refractivity contribution in [2.24, 2.45) is 5.92 Å². The number of aliphatic hydroxyl groups is 1. The highest BCUT2D eigenvalue weighted by Gasteiger charge is 2.26. The van der Waals surface area contributed by atoms with Crippen LogP contribution in [0.4, 0.5) is 4.79 Å². The summed E-state index contributed by atoms with van der Waals surface area (Å²) < 4.78 is 10.5. The van der Waals surface area contributed by atoms with Gasteiger partial charge in [0.25, 0.3) is 0 Å². The summed E-state index contributed by atoms with van der Waals surface area (Å²) in [6, 6.07) is 7.76. The number of nitrogens with one attached hydrogen (secondary N) is 2. The van der Waals surface area contributed by atoms with Crippen LogP contribution in [0.3, 0.4) is 0 Å². The minimum absolute atomic E-state index is 0.0571. The summed E-state index contributed by atoms with van der Waals surface area (Å²) in [4.78, 5) is 12.1. The van der Waals surface area contributed by atoms with E-state index in [1.54, 1.807) is 0 Å². The third-order valence-corrected chi connectivity index (χ3v) is 4.26. The Morgan fingerprint density at radius 1 is 1.36 bits per heavy atom. The molecule has 2 rings (SSSR count). The van der Waals surface area contributed by atoms with Crippen molar-refractivity contribution in [3.05, 3.63) is 35.4 Å². The molecule has 1 aromatic carbocycles. The van der Waals surface area contributed by atoms with Gasteiger partial charge in [-0.15, -0.1) is 0 Å². The number of hydrogen-bond donors (Lipinski definition) is 3. The van der Waals surface area contributed by atoms with Gasteiger partial charge in [0.15, 0.2) is 6.29 Å². The minimum atomic E-state index is -0.770. The van der Waals surface area contributed by atoms with Crippen LogP contribution in [0, 0.1) is 12.8 Å². The number of benzene rings is 1. The van der Waals surface area contributed by atoms with Crippen molar-refractivity contribution < 1.29 is 19.4 Å². The highest BCUT2D eigenvalue weighted by atomic mass is 16.6. The predicted molar refractivity (Wildman–Crippen MR) is 96.1 cm³/mol. The summed E-state index contributed by atoms with van der Waals surface area (Å²) in [5.74, 6) is 0.439. The molecule has 1 amide bonds. The highest BCUT2D eigenvalue weighted by molar-refractivity contribution is 5.67. The van der Waals surface area contributed by atoms with Gasteiger partial charge in [0.05, 0.1) is 12.6 Å². The Labute approximate surface area is 149 Å². The van der Waals surface area contributed by atoms with Crippen molar-refractivity contribution in [3.8, 4) is 0 Å². The normalized spacial score (nSPS) is 21.3. The van der Waals surface area contributed by atoms with Crippen LogP contribution >= 0.6 is 0 Å². The monoisotopic (exact) mass is 350 g/mol. The van der Waals surface area contributed by atoms with E-state index in [1.807, 2.05) is 31.2 Å². The Morgan fingerprint density at radius 3 is 2.68 bits per heavy atom. The van der Waals surface area contributed by atoms with Gasteiger partial charge in [0.2, 0.25) is 0 Å². The van der Waals surface area contributed by atoms with E-state index in [1.165, 1.54) is 5.56 Å². The van der Waals surface area contributed by atoms with Gasteiger partial charge in [-0.3, -0.25) is 0 Å². The first-order valence-electron chi connectivity index (χ1n) is 8.96. The average Bonchev–Trinajstić information content (AvgIpc) is 2.97. The SMILES string of the molecule is Cc1ccc(COC(=O)N[C@@H](CN[C@H]2CCOC2O)CC(C)C)cc1. The Bertz CT molecular complexity index is 533. The number of aliphatic hydroxyl groups excluding tert-OH is 1. The maximum Gasteiger partial charge on any atom is 0.407 e. The van der Waals surface area contributed by atoms with E-state index in [0.717, 1.165) is 18.4 Å². The molecule has 1 aliphatic heterocycles. The molecule has 0 aliphatic carbocycles. The van der Waals surface area contributed by atoms with Gasteiger partial charge in [0, 0.05) is 12.6 Å². The van der Waals surface area contributed by atoms with Crippen LogP contribution < -0.4 is 10.6 Å². The molecular formula is C19H30N2O4. The van der Waals surface area contributed by atoms with Crippen LogP contribution in [0.1, 0.15) is 37.8 Å².